The fourth-order valence-electron chi connectivity index (χ4n) is 15.1. The van der Waals surface area contributed by atoms with Crippen molar-refractivity contribution in [3.05, 3.63) is 11.6 Å². The van der Waals surface area contributed by atoms with Crippen LogP contribution >= 0.6 is 0 Å². The van der Waals surface area contributed by atoms with Crippen LogP contribution in [0.4, 0.5) is 0 Å². The summed E-state index contributed by atoms with van der Waals surface area (Å²) in [5.41, 5.74) is -4.69. The molecule has 20 heteroatoms. The van der Waals surface area contributed by atoms with Gasteiger partial charge in [0.05, 0.1) is 42.4 Å². The molecule has 0 bridgehead atoms. The average molecular weight is 973 g/mol. The zero-order valence-corrected chi connectivity index (χ0v) is 40.0. The standard InChI is InChI=1S/C48H76O20/c1-20-28(52)31(55)34(58)38(63-20)66-36-33(57)29(53)21(2)64-40(36)68-42(62)47-13-12-43(3,4)16-23(47)22-8-9-26-44(5)17-24(51)37(67-39-35(59)32(56)30(54)25(18-49)65-39)46(7,41(60)61)27(44)10-11-45(26,6)48(22,19-50)15-14-47/h8,20-21,23-40,49-59H,9-19H2,1-7H3,(H,60,61). The van der Waals surface area contributed by atoms with Gasteiger partial charge in [0.2, 0.25) is 6.29 Å². The number of hydrogen-bond donors (Lipinski definition) is 12. The highest BCUT2D eigenvalue weighted by Gasteiger charge is 2.74. The summed E-state index contributed by atoms with van der Waals surface area (Å²) < 4.78 is 35.7. The maximum absolute atomic E-state index is 15.2. The van der Waals surface area contributed by atoms with Crippen molar-refractivity contribution < 1.29 is 99.3 Å². The minimum absolute atomic E-state index is 0.0747. The number of aliphatic hydroxyl groups is 11. The van der Waals surface area contributed by atoms with E-state index in [1.807, 2.05) is 6.92 Å². The van der Waals surface area contributed by atoms with E-state index in [1.54, 1.807) is 0 Å². The molecule has 25 unspecified atom stereocenters. The Bertz CT molecular complexity index is 1920. The van der Waals surface area contributed by atoms with Crippen molar-refractivity contribution in [1.29, 1.82) is 0 Å². The molecule has 8 aliphatic rings. The Morgan fingerprint density at radius 1 is 0.676 bits per heavy atom. The summed E-state index contributed by atoms with van der Waals surface area (Å²) in [5, 5.41) is 131. The first-order chi connectivity index (χ1) is 31.7. The van der Waals surface area contributed by atoms with Crippen molar-refractivity contribution in [3.63, 3.8) is 0 Å². The van der Waals surface area contributed by atoms with Crippen LogP contribution in [0, 0.1) is 50.2 Å². The lowest BCUT2D eigenvalue weighted by Gasteiger charge is -2.71. The Hall–Kier alpha value is -1.96. The molecule has 388 valence electrons. The largest absolute Gasteiger partial charge is 0.481 e. The Kier molecular flexibility index (Phi) is 14.0. The molecular formula is C48H76O20. The summed E-state index contributed by atoms with van der Waals surface area (Å²) in [6.45, 7) is 11.8. The maximum Gasteiger partial charge on any atom is 0.315 e. The van der Waals surface area contributed by atoms with Crippen LogP contribution in [0.5, 0.6) is 0 Å². The smallest absolute Gasteiger partial charge is 0.315 e. The monoisotopic (exact) mass is 972 g/mol. The number of rotatable bonds is 9. The van der Waals surface area contributed by atoms with Crippen molar-refractivity contribution >= 4 is 11.9 Å². The van der Waals surface area contributed by atoms with Gasteiger partial charge in [-0.1, -0.05) is 39.3 Å². The molecule has 0 amide bonds. The van der Waals surface area contributed by atoms with Gasteiger partial charge in [-0.25, -0.2) is 0 Å². The van der Waals surface area contributed by atoms with Crippen LogP contribution in [0.25, 0.3) is 0 Å². The number of carboxylic acid groups (broad SMARTS) is 1. The van der Waals surface area contributed by atoms with Gasteiger partial charge in [0.15, 0.2) is 18.7 Å². The van der Waals surface area contributed by atoms with E-state index in [0.29, 0.717) is 44.9 Å². The van der Waals surface area contributed by atoms with E-state index in [2.05, 4.69) is 26.8 Å². The van der Waals surface area contributed by atoms with Crippen LogP contribution < -0.4 is 0 Å². The number of carboxylic acids is 1. The summed E-state index contributed by atoms with van der Waals surface area (Å²) in [5.74, 6) is -3.23. The van der Waals surface area contributed by atoms with Crippen LogP contribution in [-0.2, 0) is 38.0 Å². The van der Waals surface area contributed by atoms with Gasteiger partial charge in [0.25, 0.3) is 0 Å². The van der Waals surface area contributed by atoms with E-state index in [1.165, 1.54) is 20.8 Å². The van der Waals surface area contributed by atoms with Gasteiger partial charge >= 0.3 is 11.9 Å². The average Bonchev–Trinajstić information content (AvgIpc) is 3.28. The van der Waals surface area contributed by atoms with Gasteiger partial charge in [-0.05, 0) is 113 Å². The number of aliphatic carboxylic acids is 1. The molecule has 68 heavy (non-hydrogen) atoms. The lowest BCUT2D eigenvalue weighted by atomic mass is 9.33. The maximum atomic E-state index is 15.2. The first kappa shape index (κ1) is 52.4. The minimum Gasteiger partial charge on any atom is -0.481 e. The quantitative estimate of drug-likeness (QED) is 0.0765. The van der Waals surface area contributed by atoms with E-state index in [0.717, 1.165) is 5.57 Å². The molecule has 3 saturated heterocycles. The second-order valence-corrected chi connectivity index (χ2v) is 23.3. The highest BCUT2D eigenvalue weighted by molar-refractivity contribution is 5.79. The predicted octanol–water partition coefficient (Wildman–Crippen LogP) is -0.796. The first-order valence-electron chi connectivity index (χ1n) is 24.5. The van der Waals surface area contributed by atoms with Crippen molar-refractivity contribution in [2.24, 2.45) is 50.2 Å². The fourth-order valence-corrected chi connectivity index (χ4v) is 15.1. The second kappa shape index (κ2) is 18.2. The molecule has 0 aromatic carbocycles. The fraction of sp³-hybridized carbons (Fsp3) is 0.917. The van der Waals surface area contributed by atoms with Crippen LogP contribution in [0.1, 0.15) is 106 Å². The van der Waals surface area contributed by atoms with E-state index in [9.17, 15) is 66.1 Å². The van der Waals surface area contributed by atoms with Gasteiger partial charge in [0.1, 0.15) is 61.0 Å². The highest BCUT2D eigenvalue weighted by atomic mass is 16.8. The van der Waals surface area contributed by atoms with Gasteiger partial charge in [0, 0.05) is 5.41 Å². The topological polar surface area (TPSA) is 332 Å². The zero-order valence-electron chi connectivity index (χ0n) is 40.0. The van der Waals surface area contributed by atoms with E-state index < -0.39 is 162 Å². The third kappa shape index (κ3) is 7.76. The molecule has 0 spiro atoms. The Morgan fingerprint density at radius 3 is 1.88 bits per heavy atom. The summed E-state index contributed by atoms with van der Waals surface area (Å²) in [6, 6.07) is 0. The van der Waals surface area contributed by atoms with Crippen LogP contribution in [0.15, 0.2) is 11.6 Å². The van der Waals surface area contributed by atoms with Crippen LogP contribution in [0.2, 0.25) is 0 Å². The number of hydrogen-bond acceptors (Lipinski definition) is 19. The lowest BCUT2D eigenvalue weighted by Crippen LogP contribution is -2.71. The normalized spacial score (nSPS) is 54.5. The molecule has 0 aromatic heterocycles. The molecular weight excluding hydrogens is 897 g/mol. The number of ether oxygens (including phenoxy) is 6. The lowest BCUT2D eigenvalue weighted by molar-refractivity contribution is -0.358. The minimum atomic E-state index is -1.82. The summed E-state index contributed by atoms with van der Waals surface area (Å²) in [7, 11) is 0. The molecule has 0 radical (unpaired) electrons. The molecule has 0 aromatic rings. The second-order valence-electron chi connectivity index (χ2n) is 23.3. The Labute approximate surface area is 396 Å². The first-order valence-corrected chi connectivity index (χ1v) is 24.5. The van der Waals surface area contributed by atoms with Crippen LogP contribution in [-0.4, -0.2) is 191 Å². The number of aliphatic hydroxyl groups excluding tert-OH is 11. The number of allylic oxidation sites excluding steroid dienone is 1. The molecule has 25 atom stereocenters. The zero-order chi connectivity index (χ0) is 50.0. The summed E-state index contributed by atoms with van der Waals surface area (Å²) in [4.78, 5) is 28.8. The number of fused-ring (bicyclic) bond motifs is 7. The Morgan fingerprint density at radius 2 is 1.26 bits per heavy atom. The third-order valence-corrected chi connectivity index (χ3v) is 19.3. The molecule has 12 N–H and O–H groups in total. The number of carbonyl (C=O) groups excluding carboxylic acids is 1. The van der Waals surface area contributed by atoms with Gasteiger partial charge in [-0.15, -0.1) is 0 Å². The van der Waals surface area contributed by atoms with E-state index >= 15 is 4.79 Å². The third-order valence-electron chi connectivity index (χ3n) is 19.3. The van der Waals surface area contributed by atoms with Crippen LogP contribution in [0.3, 0.4) is 0 Å². The van der Waals surface area contributed by atoms with Crippen molar-refractivity contribution in [1.82, 2.24) is 0 Å². The molecule has 20 nitrogen and oxygen atoms in total. The Balaban J connectivity index is 1.11. The van der Waals surface area contributed by atoms with Crippen molar-refractivity contribution in [3.8, 4) is 0 Å². The molecule has 5 aliphatic carbocycles. The van der Waals surface area contributed by atoms with E-state index in [-0.39, 0.29) is 30.8 Å². The van der Waals surface area contributed by atoms with Gasteiger partial charge in [-0.2, -0.15) is 0 Å². The van der Waals surface area contributed by atoms with E-state index in [4.69, 9.17) is 28.4 Å². The number of carbonyl (C=O) groups is 2. The SMILES string of the molecule is CC1OC(OC2C(OC(=O)C34CCC(C)(C)CC3C3=CCC5C6(C)CC(O)C(OC7OC(CO)C(O)C(O)C7O)C(C)(C(=O)O)C6CCC5(C)C3(CO)CC4)OC(C)C(O)C2O)C(O)C(O)C1O. The molecule has 8 rings (SSSR count). The molecule has 3 aliphatic heterocycles. The molecule has 4 saturated carbocycles. The van der Waals surface area contributed by atoms with Gasteiger partial charge in [-0.3, -0.25) is 9.59 Å². The van der Waals surface area contributed by atoms with Crippen molar-refractivity contribution in [2.75, 3.05) is 13.2 Å². The predicted molar refractivity (Wildman–Crippen MR) is 232 cm³/mol. The molecule has 3 heterocycles. The van der Waals surface area contributed by atoms with Crippen molar-refractivity contribution in [2.45, 2.75) is 211 Å². The summed E-state index contributed by atoms with van der Waals surface area (Å²) in [6.07, 6.45) is -20.4. The molecule has 7 fully saturated rings. The number of esters is 1. The summed E-state index contributed by atoms with van der Waals surface area (Å²) >= 11 is 0. The van der Waals surface area contributed by atoms with Gasteiger partial charge < -0.3 is 89.7 Å². The highest BCUT2D eigenvalue weighted by Crippen LogP contribution is 2.76.